The van der Waals surface area contributed by atoms with Gasteiger partial charge in [-0.05, 0) is 30.2 Å². The van der Waals surface area contributed by atoms with Gasteiger partial charge in [0.05, 0.1) is 5.88 Å². The van der Waals surface area contributed by atoms with Crippen LogP contribution in [0, 0.1) is 0 Å². The van der Waals surface area contributed by atoms with E-state index in [1.165, 1.54) is 34.9 Å². The Morgan fingerprint density at radius 1 is 1.48 bits per heavy atom. The van der Waals surface area contributed by atoms with Crippen molar-refractivity contribution in [2.75, 3.05) is 5.75 Å². The number of β-lactam (4-membered cyclic amide) rings is 1. The Morgan fingerprint density at radius 3 is 2.81 bits per heavy atom. The number of benzene rings is 1. The molecule has 1 fully saturated rings. The molecular formula is C17H18ClN3O5S. The van der Waals surface area contributed by atoms with E-state index in [1.54, 1.807) is 6.92 Å². The predicted molar refractivity (Wildman–Crippen MR) is 100.0 cm³/mol. The molecule has 0 aromatic heterocycles. The number of hydrogen-bond acceptors (Lipinski definition) is 6. The number of phenols is 1. The van der Waals surface area contributed by atoms with E-state index in [0.29, 0.717) is 22.5 Å². The molecule has 0 radical (unpaired) electrons. The van der Waals surface area contributed by atoms with Crippen molar-refractivity contribution < 1.29 is 24.6 Å². The fourth-order valence-corrected chi connectivity index (χ4v) is 4.58. The number of carboxylic acids is 1. The highest BCUT2D eigenvalue weighted by molar-refractivity contribution is 8.00. The van der Waals surface area contributed by atoms with Gasteiger partial charge in [-0.3, -0.25) is 14.5 Å². The van der Waals surface area contributed by atoms with Gasteiger partial charge in [-0.2, -0.15) is 0 Å². The van der Waals surface area contributed by atoms with E-state index in [2.05, 4.69) is 5.32 Å². The van der Waals surface area contributed by atoms with Crippen molar-refractivity contribution in [3.8, 4) is 5.75 Å². The van der Waals surface area contributed by atoms with Gasteiger partial charge in [0.25, 0.3) is 5.91 Å². The van der Waals surface area contributed by atoms with Crippen LogP contribution in [-0.4, -0.2) is 50.1 Å². The van der Waals surface area contributed by atoms with Crippen LogP contribution in [0.5, 0.6) is 5.75 Å². The molecule has 0 aliphatic carbocycles. The zero-order valence-electron chi connectivity index (χ0n) is 14.3. The third-order valence-corrected chi connectivity index (χ3v) is 6.26. The van der Waals surface area contributed by atoms with Crippen LogP contribution in [0.4, 0.5) is 0 Å². The number of halogens is 1. The summed E-state index contributed by atoms with van der Waals surface area (Å²) in [6, 6.07) is 2.56. The van der Waals surface area contributed by atoms with Gasteiger partial charge < -0.3 is 21.3 Å². The number of nitrogens with two attached hydrogens (primary N) is 1. The fourth-order valence-electron chi connectivity index (χ4n) is 3.08. The molecule has 27 heavy (non-hydrogen) atoms. The summed E-state index contributed by atoms with van der Waals surface area (Å²) in [6.07, 6.45) is 0. The lowest BCUT2D eigenvalue weighted by Gasteiger charge is -2.49. The van der Waals surface area contributed by atoms with Crippen LogP contribution in [0.25, 0.3) is 0 Å². The lowest BCUT2D eigenvalue weighted by atomic mass is 10.0. The lowest BCUT2D eigenvalue weighted by molar-refractivity contribution is -0.150. The average Bonchev–Trinajstić information content (AvgIpc) is 2.65. The molecule has 3 unspecified atom stereocenters. The van der Waals surface area contributed by atoms with Crippen molar-refractivity contribution >= 4 is 41.1 Å². The van der Waals surface area contributed by atoms with Gasteiger partial charge in [0.15, 0.2) is 0 Å². The van der Waals surface area contributed by atoms with E-state index in [9.17, 15) is 24.6 Å². The Bertz CT molecular complexity index is 859. The summed E-state index contributed by atoms with van der Waals surface area (Å²) < 4.78 is 0. The molecule has 144 valence electrons. The van der Waals surface area contributed by atoms with E-state index >= 15 is 0 Å². The van der Waals surface area contributed by atoms with E-state index in [4.69, 9.17) is 17.3 Å². The highest BCUT2D eigenvalue weighted by atomic mass is 35.5. The molecule has 3 atom stereocenters. The minimum atomic E-state index is -1.16. The number of rotatable bonds is 5. The standard InChI is InChI=1S/C17H18ClN3O5S/c1-7-6-27-16-12(15(24)21(16)13(7)17(25)26)20-14(23)11(19)8-2-3-10(22)9(4-8)5-18/h2-4,11-12,16,22H,5-6,19H2,1H3,(H,20,23)(H,25,26). The number of aromatic hydroxyl groups is 1. The van der Waals surface area contributed by atoms with Crippen LogP contribution in [0.15, 0.2) is 29.5 Å². The summed E-state index contributed by atoms with van der Waals surface area (Å²) in [7, 11) is 0. The predicted octanol–water partition coefficient (Wildman–Crippen LogP) is 0.889. The topological polar surface area (TPSA) is 133 Å². The second-order valence-electron chi connectivity index (χ2n) is 6.33. The Balaban J connectivity index is 1.72. The molecule has 2 heterocycles. The quantitative estimate of drug-likeness (QED) is 0.417. The Labute approximate surface area is 164 Å². The lowest BCUT2D eigenvalue weighted by Crippen LogP contribution is -2.71. The minimum Gasteiger partial charge on any atom is -0.508 e. The highest BCUT2D eigenvalue weighted by Gasteiger charge is 2.53. The second kappa shape index (κ2) is 7.41. The largest absolute Gasteiger partial charge is 0.508 e. The number of alkyl halides is 1. The van der Waals surface area contributed by atoms with E-state index < -0.39 is 35.2 Å². The SMILES string of the molecule is CC1=C(C(=O)O)N2C(=O)C(NC(=O)C(N)c3ccc(O)c(CCl)c3)C2SC1. The minimum absolute atomic E-state index is 0.00753. The van der Waals surface area contributed by atoms with Gasteiger partial charge >= 0.3 is 5.97 Å². The molecule has 1 aromatic carbocycles. The van der Waals surface area contributed by atoms with Gasteiger partial charge in [0, 0.05) is 11.3 Å². The van der Waals surface area contributed by atoms with Crippen LogP contribution < -0.4 is 11.1 Å². The number of carboxylic acid groups (broad SMARTS) is 1. The first-order chi connectivity index (χ1) is 12.8. The van der Waals surface area contributed by atoms with Crippen LogP contribution in [0.1, 0.15) is 24.1 Å². The number of aliphatic carboxylic acids is 1. The number of amides is 2. The maximum absolute atomic E-state index is 12.5. The number of phenolic OH excluding ortho intramolecular Hbond substituents is 1. The van der Waals surface area contributed by atoms with Gasteiger partial charge in [-0.1, -0.05) is 6.07 Å². The number of nitrogens with one attached hydrogen (secondary N) is 1. The molecule has 1 saturated heterocycles. The third-order valence-electron chi connectivity index (χ3n) is 4.55. The van der Waals surface area contributed by atoms with Crippen molar-refractivity contribution in [1.29, 1.82) is 0 Å². The first kappa shape index (κ1) is 19.5. The third kappa shape index (κ3) is 3.38. The molecule has 3 rings (SSSR count). The maximum Gasteiger partial charge on any atom is 0.352 e. The second-order valence-corrected chi connectivity index (χ2v) is 7.70. The van der Waals surface area contributed by atoms with Crippen LogP contribution in [0.3, 0.4) is 0 Å². The van der Waals surface area contributed by atoms with Crippen molar-refractivity contribution in [3.05, 3.63) is 40.6 Å². The maximum atomic E-state index is 12.5. The zero-order chi connectivity index (χ0) is 19.9. The molecule has 0 saturated carbocycles. The van der Waals surface area contributed by atoms with Gasteiger partial charge in [-0.25, -0.2) is 4.79 Å². The van der Waals surface area contributed by atoms with E-state index in [-0.39, 0.29) is 17.3 Å². The van der Waals surface area contributed by atoms with Crippen LogP contribution in [-0.2, 0) is 20.3 Å². The Morgan fingerprint density at radius 2 is 2.19 bits per heavy atom. The molecule has 0 bridgehead atoms. The number of thioether (sulfide) groups is 1. The molecule has 0 spiro atoms. The Hall–Kier alpha value is -2.23. The van der Waals surface area contributed by atoms with Crippen molar-refractivity contribution in [2.45, 2.75) is 30.3 Å². The summed E-state index contributed by atoms with van der Waals surface area (Å²) in [5.41, 5.74) is 7.45. The smallest absolute Gasteiger partial charge is 0.352 e. The first-order valence-corrected chi connectivity index (χ1v) is 9.66. The summed E-state index contributed by atoms with van der Waals surface area (Å²) in [6.45, 7) is 1.67. The molecule has 1 aromatic rings. The van der Waals surface area contributed by atoms with E-state index in [0.717, 1.165) is 0 Å². The van der Waals surface area contributed by atoms with Crippen molar-refractivity contribution in [3.63, 3.8) is 0 Å². The fraction of sp³-hybridized carbons (Fsp3) is 0.353. The zero-order valence-corrected chi connectivity index (χ0v) is 15.9. The molecule has 2 aliphatic rings. The van der Waals surface area contributed by atoms with Crippen molar-refractivity contribution in [1.82, 2.24) is 10.2 Å². The van der Waals surface area contributed by atoms with Gasteiger partial charge in [-0.15, -0.1) is 23.4 Å². The Kier molecular flexibility index (Phi) is 5.36. The number of carbonyl (C=O) groups is 3. The molecule has 2 amide bonds. The highest BCUT2D eigenvalue weighted by Crippen LogP contribution is 2.40. The summed E-state index contributed by atoms with van der Waals surface area (Å²) in [5, 5.41) is 21.1. The molecule has 10 heteroatoms. The first-order valence-electron chi connectivity index (χ1n) is 8.07. The number of nitrogens with zero attached hydrogens (tertiary/aromatic N) is 1. The summed E-state index contributed by atoms with van der Waals surface area (Å²) >= 11 is 7.13. The van der Waals surface area contributed by atoms with Crippen LogP contribution >= 0.6 is 23.4 Å². The molecule has 2 aliphatic heterocycles. The van der Waals surface area contributed by atoms with Crippen molar-refractivity contribution in [2.24, 2.45) is 5.73 Å². The number of carbonyl (C=O) groups excluding carboxylic acids is 2. The average molecular weight is 412 g/mol. The van der Waals surface area contributed by atoms with Gasteiger partial charge in [0.1, 0.15) is 28.9 Å². The van der Waals surface area contributed by atoms with Gasteiger partial charge in [0.2, 0.25) is 5.91 Å². The summed E-state index contributed by atoms with van der Waals surface area (Å²) in [4.78, 5) is 37.5. The number of fused-ring (bicyclic) bond motifs is 1. The normalized spacial score (nSPS) is 22.8. The van der Waals surface area contributed by atoms with Crippen LogP contribution in [0.2, 0.25) is 0 Å². The molecule has 8 nitrogen and oxygen atoms in total. The molecular weight excluding hydrogens is 394 g/mol. The molecule has 5 N–H and O–H groups in total. The number of hydrogen-bond donors (Lipinski definition) is 4. The monoisotopic (exact) mass is 411 g/mol. The van der Waals surface area contributed by atoms with E-state index in [1.807, 2.05) is 0 Å². The summed E-state index contributed by atoms with van der Waals surface area (Å²) in [5.74, 6) is -1.67.